The Morgan fingerprint density at radius 1 is 1.27 bits per heavy atom. The highest BCUT2D eigenvalue weighted by Crippen LogP contribution is 2.19. The number of para-hydroxylation sites is 1. The van der Waals surface area contributed by atoms with E-state index in [1.807, 2.05) is 29.2 Å². The van der Waals surface area contributed by atoms with Crippen LogP contribution in [-0.4, -0.2) is 49.0 Å². The first-order chi connectivity index (χ1) is 14.6. The van der Waals surface area contributed by atoms with Gasteiger partial charge in [-0.1, -0.05) is 44.7 Å². The van der Waals surface area contributed by atoms with Gasteiger partial charge in [-0.2, -0.15) is 0 Å². The second-order valence-electron chi connectivity index (χ2n) is 7.66. The zero-order valence-corrected chi connectivity index (χ0v) is 18.8. The van der Waals surface area contributed by atoms with E-state index in [0.717, 1.165) is 62.6 Å². The molecule has 6 nitrogen and oxygen atoms in total. The molecule has 1 fully saturated rings. The summed E-state index contributed by atoms with van der Waals surface area (Å²) in [5.74, 6) is 2.12. The normalized spacial score (nSPS) is 15.2. The molecule has 1 aromatic rings. The number of hydrogen-bond donors (Lipinski definition) is 2. The maximum absolute atomic E-state index is 12.6. The molecule has 0 saturated carbocycles. The van der Waals surface area contributed by atoms with Gasteiger partial charge in [0.2, 0.25) is 5.91 Å². The smallest absolute Gasteiger partial charge is 0.225 e. The Morgan fingerprint density at radius 3 is 2.60 bits per heavy atom. The molecule has 2 rings (SSSR count). The molecule has 0 aliphatic carbocycles. The van der Waals surface area contributed by atoms with Crippen LogP contribution in [0.2, 0.25) is 0 Å². The molecule has 166 valence electrons. The molecule has 2 N–H and O–H groups in total. The molecule has 1 amide bonds. The van der Waals surface area contributed by atoms with Gasteiger partial charge in [0.05, 0.1) is 6.54 Å². The molecule has 0 spiro atoms. The van der Waals surface area contributed by atoms with Gasteiger partial charge in [-0.15, -0.1) is 0 Å². The fourth-order valence-electron chi connectivity index (χ4n) is 3.74. The lowest BCUT2D eigenvalue weighted by Crippen LogP contribution is -2.50. The maximum atomic E-state index is 12.6. The lowest BCUT2D eigenvalue weighted by molar-refractivity contribution is -0.136. The van der Waals surface area contributed by atoms with Crippen LogP contribution in [0, 0.1) is 5.92 Å². The summed E-state index contributed by atoms with van der Waals surface area (Å²) in [6.45, 7) is 13.4. The number of likely N-dealkylation sites (tertiary alicyclic amines) is 1. The van der Waals surface area contributed by atoms with Gasteiger partial charge in [0.25, 0.3) is 0 Å². The van der Waals surface area contributed by atoms with E-state index in [1.54, 1.807) is 6.08 Å². The summed E-state index contributed by atoms with van der Waals surface area (Å²) >= 11 is 0. The molecule has 0 aromatic heterocycles. The summed E-state index contributed by atoms with van der Waals surface area (Å²) in [4.78, 5) is 19.4. The van der Waals surface area contributed by atoms with Gasteiger partial charge in [0.1, 0.15) is 12.4 Å². The molecule has 1 aromatic carbocycles. The van der Waals surface area contributed by atoms with Gasteiger partial charge >= 0.3 is 0 Å². The molecular weight excluding hydrogens is 376 g/mol. The third kappa shape index (κ3) is 7.08. The van der Waals surface area contributed by atoms with Crippen molar-refractivity contribution in [2.45, 2.75) is 59.0 Å². The van der Waals surface area contributed by atoms with Crippen LogP contribution in [-0.2, 0) is 11.3 Å². The van der Waals surface area contributed by atoms with Crippen LogP contribution >= 0.6 is 0 Å². The highest BCUT2D eigenvalue weighted by atomic mass is 16.5. The van der Waals surface area contributed by atoms with Gasteiger partial charge in [0, 0.05) is 37.2 Å². The number of carbonyl (C=O) groups excluding carboxylic acids is 1. The second-order valence-corrected chi connectivity index (χ2v) is 7.66. The van der Waals surface area contributed by atoms with Crippen molar-refractivity contribution in [3.63, 3.8) is 0 Å². The Kier molecular flexibility index (Phi) is 10.3. The first kappa shape index (κ1) is 23.8. The van der Waals surface area contributed by atoms with E-state index in [4.69, 9.17) is 9.73 Å². The fourth-order valence-corrected chi connectivity index (χ4v) is 3.74. The largest absolute Gasteiger partial charge is 0.489 e. The van der Waals surface area contributed by atoms with E-state index in [1.165, 1.54) is 0 Å². The molecule has 30 heavy (non-hydrogen) atoms. The zero-order valence-electron chi connectivity index (χ0n) is 18.8. The summed E-state index contributed by atoms with van der Waals surface area (Å²) in [6.07, 6.45) is 5.46. The minimum absolute atomic E-state index is 0.164. The number of piperidine rings is 1. The predicted molar refractivity (Wildman–Crippen MR) is 124 cm³/mol. The number of amides is 1. The number of ether oxygens (including phenoxy) is 1. The topological polar surface area (TPSA) is 66.0 Å². The highest BCUT2D eigenvalue weighted by molar-refractivity contribution is 5.80. The molecule has 1 saturated heterocycles. The standard InChI is InChI=1S/C24H38N4O2/c1-5-17-30-22-12-10-9-11-20(22)18-26-24(25-8-4)27-21-13-15-28(16-14-21)23(29)19(6-2)7-3/h5,9-12,19,21H,1,6-8,13-18H2,2-4H3,(H2,25,26,27). The van der Waals surface area contributed by atoms with Crippen LogP contribution in [0.4, 0.5) is 0 Å². The van der Waals surface area contributed by atoms with Crippen molar-refractivity contribution < 1.29 is 9.53 Å². The van der Waals surface area contributed by atoms with E-state index >= 15 is 0 Å². The van der Waals surface area contributed by atoms with Crippen molar-refractivity contribution in [1.29, 1.82) is 0 Å². The first-order valence-corrected chi connectivity index (χ1v) is 11.3. The van der Waals surface area contributed by atoms with Gasteiger partial charge in [-0.25, -0.2) is 4.99 Å². The fraction of sp³-hybridized carbons (Fsp3) is 0.583. The maximum Gasteiger partial charge on any atom is 0.225 e. The number of nitrogens with one attached hydrogen (secondary N) is 2. The van der Waals surface area contributed by atoms with Crippen molar-refractivity contribution in [1.82, 2.24) is 15.5 Å². The van der Waals surface area contributed by atoms with Gasteiger partial charge in [-0.3, -0.25) is 4.79 Å². The third-order valence-electron chi connectivity index (χ3n) is 5.56. The number of guanidine groups is 1. The second kappa shape index (κ2) is 12.9. The molecule has 0 atom stereocenters. The van der Waals surface area contributed by atoms with Crippen LogP contribution in [0.1, 0.15) is 52.0 Å². The van der Waals surface area contributed by atoms with Gasteiger partial charge in [-0.05, 0) is 38.7 Å². The number of benzene rings is 1. The van der Waals surface area contributed by atoms with Crippen molar-refractivity contribution in [3.05, 3.63) is 42.5 Å². The van der Waals surface area contributed by atoms with E-state index < -0.39 is 0 Å². The summed E-state index contributed by atoms with van der Waals surface area (Å²) in [7, 11) is 0. The Balaban J connectivity index is 1.94. The monoisotopic (exact) mass is 414 g/mol. The Bertz CT molecular complexity index is 692. The van der Waals surface area contributed by atoms with Crippen LogP contribution in [0.3, 0.4) is 0 Å². The number of nitrogens with zero attached hydrogens (tertiary/aromatic N) is 2. The average molecular weight is 415 g/mol. The Labute approximate surface area is 181 Å². The van der Waals surface area contributed by atoms with E-state index in [9.17, 15) is 4.79 Å². The van der Waals surface area contributed by atoms with Crippen molar-refractivity contribution in [3.8, 4) is 5.75 Å². The lowest BCUT2D eigenvalue weighted by Gasteiger charge is -2.34. The molecule has 6 heteroatoms. The molecule has 1 aliphatic heterocycles. The Hall–Kier alpha value is -2.50. The van der Waals surface area contributed by atoms with E-state index in [-0.39, 0.29) is 5.92 Å². The van der Waals surface area contributed by atoms with Crippen molar-refractivity contribution in [2.75, 3.05) is 26.2 Å². The van der Waals surface area contributed by atoms with Gasteiger partial charge in [0.15, 0.2) is 5.96 Å². The summed E-state index contributed by atoms with van der Waals surface area (Å²) in [6, 6.07) is 8.28. The summed E-state index contributed by atoms with van der Waals surface area (Å²) in [5, 5.41) is 6.88. The average Bonchev–Trinajstić information content (AvgIpc) is 2.78. The van der Waals surface area contributed by atoms with Crippen LogP contribution < -0.4 is 15.4 Å². The SMILES string of the molecule is C=CCOc1ccccc1CN=C(NCC)NC1CCN(C(=O)C(CC)CC)CC1. The van der Waals surface area contributed by atoms with Gasteiger partial charge < -0.3 is 20.3 Å². The molecule has 1 aliphatic rings. The Morgan fingerprint density at radius 2 is 1.97 bits per heavy atom. The third-order valence-corrected chi connectivity index (χ3v) is 5.56. The van der Waals surface area contributed by atoms with Crippen LogP contribution in [0.5, 0.6) is 5.75 Å². The molecule has 0 bridgehead atoms. The number of rotatable bonds is 10. The quantitative estimate of drug-likeness (QED) is 0.348. The van der Waals surface area contributed by atoms with E-state index in [2.05, 4.69) is 38.0 Å². The minimum atomic E-state index is 0.164. The number of hydrogen-bond acceptors (Lipinski definition) is 3. The zero-order chi connectivity index (χ0) is 21.8. The van der Waals surface area contributed by atoms with Crippen molar-refractivity contribution in [2.24, 2.45) is 10.9 Å². The first-order valence-electron chi connectivity index (χ1n) is 11.3. The van der Waals surface area contributed by atoms with E-state index in [0.29, 0.717) is 25.1 Å². The summed E-state index contributed by atoms with van der Waals surface area (Å²) < 4.78 is 5.73. The highest BCUT2D eigenvalue weighted by Gasteiger charge is 2.26. The number of carbonyl (C=O) groups is 1. The van der Waals surface area contributed by atoms with Crippen LogP contribution in [0.15, 0.2) is 41.9 Å². The van der Waals surface area contributed by atoms with Crippen LogP contribution in [0.25, 0.3) is 0 Å². The predicted octanol–water partition coefficient (Wildman–Crippen LogP) is 3.73. The van der Waals surface area contributed by atoms with Crippen molar-refractivity contribution >= 4 is 11.9 Å². The summed E-state index contributed by atoms with van der Waals surface area (Å²) in [5.41, 5.74) is 1.04. The lowest BCUT2D eigenvalue weighted by atomic mass is 9.98. The molecule has 0 unspecified atom stereocenters. The minimum Gasteiger partial charge on any atom is -0.489 e. The number of aliphatic imine (C=N–C) groups is 1. The molecule has 1 heterocycles. The molecular formula is C24H38N4O2. The molecule has 0 radical (unpaired) electrons.